The van der Waals surface area contributed by atoms with Crippen molar-refractivity contribution >= 4 is 35.0 Å². The van der Waals surface area contributed by atoms with Gasteiger partial charge in [-0.3, -0.25) is 4.90 Å². The Hall–Kier alpha value is -2.01. The summed E-state index contributed by atoms with van der Waals surface area (Å²) < 4.78 is 11.5. The first-order chi connectivity index (χ1) is 14.0. The monoisotopic (exact) mass is 447 g/mol. The molecule has 6 heteroatoms. The SMILES string of the molecule is Cc1c(C)c2ccc(OCC3CCN(Cc4cccc(Cl)c4)CC3)cc2oc1=O.Cl. The second-order valence-corrected chi connectivity index (χ2v) is 8.39. The Morgan fingerprint density at radius 1 is 1.10 bits per heavy atom. The van der Waals surface area contributed by atoms with Gasteiger partial charge in [0.15, 0.2) is 0 Å². The van der Waals surface area contributed by atoms with Crippen LogP contribution in [0.5, 0.6) is 5.75 Å². The molecule has 4 rings (SSSR count). The maximum absolute atomic E-state index is 11.9. The van der Waals surface area contributed by atoms with Crippen LogP contribution in [0, 0.1) is 19.8 Å². The smallest absolute Gasteiger partial charge is 0.339 e. The van der Waals surface area contributed by atoms with Gasteiger partial charge in [0.1, 0.15) is 11.3 Å². The van der Waals surface area contributed by atoms with E-state index in [1.807, 2.05) is 43.3 Å². The number of hydrogen-bond donors (Lipinski definition) is 0. The van der Waals surface area contributed by atoms with Crippen molar-refractivity contribution < 1.29 is 9.15 Å². The fourth-order valence-corrected chi connectivity index (χ4v) is 4.15. The minimum atomic E-state index is -0.278. The lowest BCUT2D eigenvalue weighted by Crippen LogP contribution is -2.35. The molecule has 0 spiro atoms. The molecule has 30 heavy (non-hydrogen) atoms. The summed E-state index contributed by atoms with van der Waals surface area (Å²) in [6.07, 6.45) is 2.23. The molecule has 0 bridgehead atoms. The molecule has 3 aromatic rings. The van der Waals surface area contributed by atoms with E-state index < -0.39 is 0 Å². The van der Waals surface area contributed by atoms with Gasteiger partial charge in [0.2, 0.25) is 0 Å². The highest BCUT2D eigenvalue weighted by molar-refractivity contribution is 6.30. The van der Waals surface area contributed by atoms with E-state index in [1.165, 1.54) is 5.56 Å². The fourth-order valence-electron chi connectivity index (χ4n) is 3.94. The van der Waals surface area contributed by atoms with Gasteiger partial charge in [-0.25, -0.2) is 4.79 Å². The number of rotatable bonds is 5. The highest BCUT2D eigenvalue weighted by Crippen LogP contribution is 2.26. The number of fused-ring (bicyclic) bond motifs is 1. The number of hydrogen-bond acceptors (Lipinski definition) is 4. The van der Waals surface area contributed by atoms with Gasteiger partial charge in [0.25, 0.3) is 0 Å². The molecule has 0 aliphatic carbocycles. The molecule has 0 N–H and O–H groups in total. The van der Waals surface area contributed by atoms with Crippen molar-refractivity contribution in [2.24, 2.45) is 5.92 Å². The first kappa shape index (κ1) is 22.7. The highest BCUT2D eigenvalue weighted by atomic mass is 35.5. The molecule has 2 heterocycles. The summed E-state index contributed by atoms with van der Waals surface area (Å²) in [5, 5.41) is 1.76. The van der Waals surface area contributed by atoms with Crippen LogP contribution in [-0.2, 0) is 6.54 Å². The summed E-state index contributed by atoms with van der Waals surface area (Å²) in [5.74, 6) is 1.29. The van der Waals surface area contributed by atoms with Crippen LogP contribution in [0.3, 0.4) is 0 Å². The molecule has 0 unspecified atom stereocenters. The van der Waals surface area contributed by atoms with E-state index in [2.05, 4.69) is 11.0 Å². The van der Waals surface area contributed by atoms with Crippen LogP contribution in [0.25, 0.3) is 11.0 Å². The molecule has 0 saturated carbocycles. The second kappa shape index (κ2) is 9.86. The lowest BCUT2D eigenvalue weighted by Gasteiger charge is -2.31. The normalized spacial score (nSPS) is 15.2. The molecule has 1 aromatic heterocycles. The van der Waals surface area contributed by atoms with Crippen molar-refractivity contribution in [1.29, 1.82) is 0 Å². The predicted molar refractivity (Wildman–Crippen MR) is 124 cm³/mol. The van der Waals surface area contributed by atoms with Crippen LogP contribution in [-0.4, -0.2) is 24.6 Å². The van der Waals surface area contributed by atoms with E-state index in [9.17, 15) is 4.79 Å². The Morgan fingerprint density at radius 3 is 2.60 bits per heavy atom. The van der Waals surface area contributed by atoms with Gasteiger partial charge >= 0.3 is 5.63 Å². The predicted octanol–water partition coefficient (Wildman–Crippen LogP) is 5.78. The van der Waals surface area contributed by atoms with Gasteiger partial charge in [-0.05, 0) is 81.1 Å². The largest absolute Gasteiger partial charge is 0.493 e. The summed E-state index contributed by atoms with van der Waals surface area (Å²) >= 11 is 6.09. The van der Waals surface area contributed by atoms with Gasteiger partial charge in [-0.1, -0.05) is 23.7 Å². The molecule has 0 radical (unpaired) electrons. The number of benzene rings is 2. The lowest BCUT2D eigenvalue weighted by molar-refractivity contribution is 0.137. The average Bonchev–Trinajstić information content (AvgIpc) is 2.71. The van der Waals surface area contributed by atoms with Gasteiger partial charge in [-0.2, -0.15) is 0 Å². The van der Waals surface area contributed by atoms with E-state index in [0.29, 0.717) is 23.7 Å². The van der Waals surface area contributed by atoms with Crippen LogP contribution in [0.4, 0.5) is 0 Å². The Balaban J connectivity index is 0.00000256. The maximum atomic E-state index is 11.9. The summed E-state index contributed by atoms with van der Waals surface area (Å²) in [4.78, 5) is 14.4. The first-order valence-electron chi connectivity index (χ1n) is 10.1. The minimum absolute atomic E-state index is 0. The molecule has 0 atom stereocenters. The van der Waals surface area contributed by atoms with Gasteiger partial charge in [0.05, 0.1) is 6.61 Å². The Morgan fingerprint density at radius 2 is 1.87 bits per heavy atom. The topological polar surface area (TPSA) is 42.7 Å². The molecule has 0 amide bonds. The molecule has 1 saturated heterocycles. The van der Waals surface area contributed by atoms with Crippen LogP contribution < -0.4 is 10.4 Å². The molecule has 1 fully saturated rings. The van der Waals surface area contributed by atoms with Gasteiger partial charge in [0, 0.05) is 28.6 Å². The van der Waals surface area contributed by atoms with E-state index in [-0.39, 0.29) is 18.0 Å². The number of likely N-dealkylation sites (tertiary alicyclic amines) is 1. The summed E-state index contributed by atoms with van der Waals surface area (Å²) in [6.45, 7) is 7.50. The third-order valence-corrected chi connectivity index (χ3v) is 6.15. The van der Waals surface area contributed by atoms with Crippen molar-refractivity contribution in [3.05, 3.63) is 74.6 Å². The van der Waals surface area contributed by atoms with Crippen LogP contribution >= 0.6 is 24.0 Å². The molecular weight excluding hydrogens is 421 g/mol. The zero-order chi connectivity index (χ0) is 20.4. The molecule has 2 aromatic carbocycles. The number of ether oxygens (including phenoxy) is 1. The number of nitrogens with zero attached hydrogens (tertiary/aromatic N) is 1. The zero-order valence-electron chi connectivity index (χ0n) is 17.3. The number of halogens is 2. The molecule has 160 valence electrons. The van der Waals surface area contributed by atoms with Crippen LogP contribution in [0.2, 0.25) is 5.02 Å². The first-order valence-corrected chi connectivity index (χ1v) is 10.5. The van der Waals surface area contributed by atoms with Crippen molar-refractivity contribution in [3.63, 3.8) is 0 Å². The zero-order valence-corrected chi connectivity index (χ0v) is 18.9. The summed E-state index contributed by atoms with van der Waals surface area (Å²) in [5.41, 5.74) is 3.20. The molecule has 1 aliphatic heterocycles. The highest BCUT2D eigenvalue weighted by Gasteiger charge is 2.20. The average molecular weight is 448 g/mol. The molecular formula is C24H27Cl2NO3. The third-order valence-electron chi connectivity index (χ3n) is 5.92. The standard InChI is InChI=1S/C24H26ClNO3.ClH/c1-16-17(2)24(27)29-23-13-21(6-7-22(16)23)28-15-18-8-10-26(11-9-18)14-19-4-3-5-20(25)12-19;/h3-7,12-13,18H,8-11,14-15H2,1-2H3;1H. The van der Waals surface area contributed by atoms with E-state index >= 15 is 0 Å². The lowest BCUT2D eigenvalue weighted by atomic mass is 9.97. The van der Waals surface area contributed by atoms with Crippen molar-refractivity contribution in [3.8, 4) is 5.75 Å². The minimum Gasteiger partial charge on any atom is -0.493 e. The summed E-state index contributed by atoms with van der Waals surface area (Å²) in [7, 11) is 0. The number of aryl methyl sites for hydroxylation is 1. The summed E-state index contributed by atoms with van der Waals surface area (Å²) in [6, 6.07) is 13.9. The van der Waals surface area contributed by atoms with Crippen LogP contribution in [0.15, 0.2) is 51.7 Å². The Labute approximate surface area is 188 Å². The Kier molecular flexibility index (Phi) is 7.45. The maximum Gasteiger partial charge on any atom is 0.339 e. The van der Waals surface area contributed by atoms with Gasteiger partial charge in [-0.15, -0.1) is 12.4 Å². The Bertz CT molecular complexity index is 1070. The quantitative estimate of drug-likeness (QED) is 0.465. The van der Waals surface area contributed by atoms with Crippen LogP contribution in [0.1, 0.15) is 29.5 Å². The van der Waals surface area contributed by atoms with Gasteiger partial charge < -0.3 is 9.15 Å². The van der Waals surface area contributed by atoms with Crippen molar-refractivity contribution in [2.45, 2.75) is 33.2 Å². The molecule has 4 nitrogen and oxygen atoms in total. The fraction of sp³-hybridized carbons (Fsp3) is 0.375. The van der Waals surface area contributed by atoms with E-state index in [4.69, 9.17) is 20.8 Å². The second-order valence-electron chi connectivity index (χ2n) is 7.96. The molecule has 1 aliphatic rings. The van der Waals surface area contributed by atoms with Crippen molar-refractivity contribution in [2.75, 3.05) is 19.7 Å². The number of piperidine rings is 1. The van der Waals surface area contributed by atoms with Crippen molar-refractivity contribution in [1.82, 2.24) is 4.90 Å². The van der Waals surface area contributed by atoms with E-state index in [0.717, 1.165) is 54.2 Å². The van der Waals surface area contributed by atoms with E-state index in [1.54, 1.807) is 6.92 Å². The third kappa shape index (κ3) is 5.18.